The van der Waals surface area contributed by atoms with Crippen LogP contribution in [0.1, 0.15) is 44.9 Å². The van der Waals surface area contributed by atoms with E-state index < -0.39 is 4.92 Å². The third-order valence-corrected chi connectivity index (χ3v) is 4.16. The molecule has 0 fully saturated rings. The quantitative estimate of drug-likeness (QED) is 0.461. The number of thiocarbonyl (C=S) groups is 1. The van der Waals surface area contributed by atoms with Crippen molar-refractivity contribution in [3.05, 3.63) is 69.8 Å². The molecule has 1 atom stereocenters. The van der Waals surface area contributed by atoms with Crippen LogP contribution in [0.5, 0.6) is 0 Å². The molecular weight excluding hydrogens is 334 g/mol. The molecule has 2 aromatic carbocycles. The SMILES string of the molecule is C[C@@H](NC(=S)Nc1cccc([N+](=O)[O-])c1)c1ccc(C(C)(C)C)cc1. The van der Waals surface area contributed by atoms with Gasteiger partial charge >= 0.3 is 0 Å². The number of rotatable bonds is 4. The van der Waals surface area contributed by atoms with Crippen molar-refractivity contribution in [1.29, 1.82) is 0 Å². The molecule has 0 saturated carbocycles. The second-order valence-corrected chi connectivity index (χ2v) is 7.41. The van der Waals surface area contributed by atoms with Gasteiger partial charge in [-0.15, -0.1) is 0 Å². The van der Waals surface area contributed by atoms with E-state index in [1.165, 1.54) is 17.7 Å². The molecule has 2 rings (SSSR count). The van der Waals surface area contributed by atoms with Crippen molar-refractivity contribution in [3.8, 4) is 0 Å². The van der Waals surface area contributed by atoms with Gasteiger partial charge < -0.3 is 10.6 Å². The lowest BCUT2D eigenvalue weighted by atomic mass is 9.86. The molecule has 132 valence electrons. The molecule has 6 heteroatoms. The highest BCUT2D eigenvalue weighted by Crippen LogP contribution is 2.24. The molecule has 0 aliphatic heterocycles. The van der Waals surface area contributed by atoms with Crippen molar-refractivity contribution in [2.45, 2.75) is 39.2 Å². The second kappa shape index (κ2) is 7.61. The summed E-state index contributed by atoms with van der Waals surface area (Å²) in [7, 11) is 0. The van der Waals surface area contributed by atoms with Gasteiger partial charge in [-0.1, -0.05) is 51.1 Å². The predicted molar refractivity (Wildman–Crippen MR) is 106 cm³/mol. The van der Waals surface area contributed by atoms with Crippen molar-refractivity contribution >= 4 is 28.7 Å². The smallest absolute Gasteiger partial charge is 0.271 e. The molecule has 0 bridgehead atoms. The normalized spacial score (nSPS) is 12.3. The molecule has 2 N–H and O–H groups in total. The number of nitrogens with one attached hydrogen (secondary N) is 2. The molecule has 0 aliphatic carbocycles. The van der Waals surface area contributed by atoms with Gasteiger partial charge in [0.2, 0.25) is 0 Å². The van der Waals surface area contributed by atoms with Gasteiger partial charge in [-0.2, -0.15) is 0 Å². The second-order valence-electron chi connectivity index (χ2n) is 7.00. The first-order valence-electron chi connectivity index (χ1n) is 8.09. The number of hydrogen-bond donors (Lipinski definition) is 2. The monoisotopic (exact) mass is 357 g/mol. The lowest BCUT2D eigenvalue weighted by Gasteiger charge is -2.21. The third kappa shape index (κ3) is 5.26. The first-order chi connectivity index (χ1) is 11.7. The van der Waals surface area contributed by atoms with E-state index in [1.807, 2.05) is 6.92 Å². The number of nitro benzene ring substituents is 1. The zero-order chi connectivity index (χ0) is 18.6. The van der Waals surface area contributed by atoms with Gasteiger partial charge in [-0.25, -0.2) is 0 Å². The summed E-state index contributed by atoms with van der Waals surface area (Å²) in [5.41, 5.74) is 3.13. The first kappa shape index (κ1) is 18.9. The molecule has 5 nitrogen and oxygen atoms in total. The lowest BCUT2D eigenvalue weighted by Crippen LogP contribution is -2.30. The summed E-state index contributed by atoms with van der Waals surface area (Å²) in [5, 5.41) is 17.4. The molecule has 2 aromatic rings. The van der Waals surface area contributed by atoms with Gasteiger partial charge in [0.05, 0.1) is 11.0 Å². The Bertz CT molecular complexity index is 767. The highest BCUT2D eigenvalue weighted by Gasteiger charge is 2.14. The van der Waals surface area contributed by atoms with Gasteiger partial charge in [0.15, 0.2) is 5.11 Å². The maximum absolute atomic E-state index is 10.8. The van der Waals surface area contributed by atoms with Crippen molar-refractivity contribution < 1.29 is 4.92 Å². The van der Waals surface area contributed by atoms with E-state index in [2.05, 4.69) is 55.7 Å². The van der Waals surface area contributed by atoms with E-state index in [0.29, 0.717) is 10.8 Å². The average molecular weight is 357 g/mol. The fourth-order valence-corrected chi connectivity index (χ4v) is 2.71. The fraction of sp³-hybridized carbons (Fsp3) is 0.316. The zero-order valence-corrected chi connectivity index (χ0v) is 15.7. The van der Waals surface area contributed by atoms with E-state index in [4.69, 9.17) is 12.2 Å². The summed E-state index contributed by atoms with van der Waals surface area (Å²) < 4.78 is 0. The van der Waals surface area contributed by atoms with Gasteiger partial charge in [-0.05, 0) is 41.7 Å². The fourth-order valence-electron chi connectivity index (χ4n) is 2.42. The van der Waals surface area contributed by atoms with Crippen molar-refractivity contribution in [3.63, 3.8) is 0 Å². The highest BCUT2D eigenvalue weighted by molar-refractivity contribution is 7.80. The van der Waals surface area contributed by atoms with Crippen LogP contribution < -0.4 is 10.6 Å². The van der Waals surface area contributed by atoms with Crippen LogP contribution in [0.2, 0.25) is 0 Å². The summed E-state index contributed by atoms with van der Waals surface area (Å²) in [6.45, 7) is 8.57. The number of non-ortho nitro benzene ring substituents is 1. The molecule has 0 amide bonds. The number of nitrogens with zero attached hydrogens (tertiary/aromatic N) is 1. The Kier molecular flexibility index (Phi) is 5.74. The van der Waals surface area contributed by atoms with Gasteiger partial charge in [-0.3, -0.25) is 10.1 Å². The average Bonchev–Trinajstić information content (AvgIpc) is 2.54. The Balaban J connectivity index is 2.00. The molecule has 0 spiro atoms. The molecule has 25 heavy (non-hydrogen) atoms. The summed E-state index contributed by atoms with van der Waals surface area (Å²) in [6.07, 6.45) is 0. The Morgan fingerprint density at radius 2 is 1.80 bits per heavy atom. The van der Waals surface area contributed by atoms with E-state index in [1.54, 1.807) is 12.1 Å². The molecule has 0 aromatic heterocycles. The van der Waals surface area contributed by atoms with Crippen LogP contribution in [0.4, 0.5) is 11.4 Å². The van der Waals surface area contributed by atoms with Gasteiger partial charge in [0.25, 0.3) is 5.69 Å². The molecule has 0 unspecified atom stereocenters. The van der Waals surface area contributed by atoms with Crippen LogP contribution in [0.15, 0.2) is 48.5 Å². The van der Waals surface area contributed by atoms with Crippen LogP contribution in [-0.4, -0.2) is 10.0 Å². The molecule has 0 heterocycles. The maximum atomic E-state index is 10.8. The van der Waals surface area contributed by atoms with E-state index in [-0.39, 0.29) is 17.1 Å². The Labute approximate surface area is 153 Å². The standard InChI is InChI=1S/C19H23N3O2S/c1-13(14-8-10-15(11-9-14)19(2,3)4)20-18(25)21-16-6-5-7-17(12-16)22(23)24/h5-13H,1-4H3,(H2,20,21,25)/t13-/m1/s1. The van der Waals surface area contributed by atoms with Crippen LogP contribution in [0.25, 0.3) is 0 Å². The Morgan fingerprint density at radius 3 is 2.36 bits per heavy atom. The minimum atomic E-state index is -0.430. The zero-order valence-electron chi connectivity index (χ0n) is 14.9. The number of nitro groups is 1. The molecule has 0 saturated heterocycles. The van der Waals surface area contributed by atoms with Crippen LogP contribution in [0.3, 0.4) is 0 Å². The van der Waals surface area contributed by atoms with Crippen molar-refractivity contribution in [2.75, 3.05) is 5.32 Å². The van der Waals surface area contributed by atoms with E-state index in [9.17, 15) is 10.1 Å². The maximum Gasteiger partial charge on any atom is 0.271 e. The van der Waals surface area contributed by atoms with Crippen molar-refractivity contribution in [2.24, 2.45) is 0 Å². The predicted octanol–water partition coefficient (Wildman–Crippen LogP) is 4.94. The number of benzene rings is 2. The molecular formula is C19H23N3O2S. The first-order valence-corrected chi connectivity index (χ1v) is 8.50. The summed E-state index contributed by atoms with van der Waals surface area (Å²) >= 11 is 5.31. The largest absolute Gasteiger partial charge is 0.356 e. The van der Waals surface area contributed by atoms with Crippen LogP contribution >= 0.6 is 12.2 Å². The minimum absolute atomic E-state index is 0.0210. The Hall–Kier alpha value is -2.47. The molecule has 0 aliphatic rings. The number of hydrogen-bond acceptors (Lipinski definition) is 3. The van der Waals surface area contributed by atoms with E-state index in [0.717, 1.165) is 5.56 Å². The van der Waals surface area contributed by atoms with Crippen LogP contribution in [-0.2, 0) is 5.41 Å². The van der Waals surface area contributed by atoms with E-state index >= 15 is 0 Å². The van der Waals surface area contributed by atoms with Crippen molar-refractivity contribution in [1.82, 2.24) is 5.32 Å². The summed E-state index contributed by atoms with van der Waals surface area (Å²) in [4.78, 5) is 10.4. The highest BCUT2D eigenvalue weighted by atomic mass is 32.1. The minimum Gasteiger partial charge on any atom is -0.356 e. The lowest BCUT2D eigenvalue weighted by molar-refractivity contribution is -0.384. The topological polar surface area (TPSA) is 67.2 Å². The Morgan fingerprint density at radius 1 is 1.16 bits per heavy atom. The van der Waals surface area contributed by atoms with Gasteiger partial charge in [0, 0.05) is 17.8 Å². The van der Waals surface area contributed by atoms with Gasteiger partial charge in [0.1, 0.15) is 0 Å². The summed E-state index contributed by atoms with van der Waals surface area (Å²) in [6, 6.07) is 14.7. The molecule has 0 radical (unpaired) electrons. The third-order valence-electron chi connectivity index (χ3n) is 3.94. The summed E-state index contributed by atoms with van der Waals surface area (Å²) in [5.74, 6) is 0. The van der Waals surface area contributed by atoms with Crippen LogP contribution in [0, 0.1) is 10.1 Å². The number of anilines is 1.